The fourth-order valence-electron chi connectivity index (χ4n) is 3.61. The molecular formula is C14H25ClN2O2. The Hall–Kier alpha value is -0.320. The molecule has 3 aliphatic rings. The molecule has 1 amide bonds. The van der Waals surface area contributed by atoms with Crippen LogP contribution in [0.25, 0.3) is 0 Å². The topological polar surface area (TPSA) is 41.6 Å². The first-order chi connectivity index (χ1) is 8.84. The summed E-state index contributed by atoms with van der Waals surface area (Å²) < 4.78 is 5.49. The lowest BCUT2D eigenvalue weighted by molar-refractivity contribution is -0.142. The summed E-state index contributed by atoms with van der Waals surface area (Å²) in [4.78, 5) is 14.2. The maximum Gasteiger partial charge on any atom is 0.251 e. The van der Waals surface area contributed by atoms with Gasteiger partial charge in [-0.2, -0.15) is 0 Å². The highest BCUT2D eigenvalue weighted by atomic mass is 35.5. The normalized spacial score (nSPS) is 32.3. The van der Waals surface area contributed by atoms with Gasteiger partial charge in [-0.25, -0.2) is 0 Å². The second-order valence-electron chi connectivity index (χ2n) is 5.87. The summed E-state index contributed by atoms with van der Waals surface area (Å²) >= 11 is 0. The molecule has 0 spiro atoms. The van der Waals surface area contributed by atoms with Gasteiger partial charge in [-0.05, 0) is 51.0 Å². The minimum Gasteiger partial charge on any atom is -0.368 e. The van der Waals surface area contributed by atoms with E-state index < -0.39 is 0 Å². The van der Waals surface area contributed by atoms with Crippen molar-refractivity contribution in [3.8, 4) is 0 Å². The summed E-state index contributed by atoms with van der Waals surface area (Å²) in [6.45, 7) is 3.81. The van der Waals surface area contributed by atoms with Crippen molar-refractivity contribution in [1.29, 1.82) is 0 Å². The highest BCUT2D eigenvalue weighted by Gasteiger charge is 2.33. The van der Waals surface area contributed by atoms with Crippen molar-refractivity contribution in [3.63, 3.8) is 0 Å². The molecule has 0 aromatic rings. The van der Waals surface area contributed by atoms with Gasteiger partial charge in [-0.1, -0.05) is 0 Å². The highest BCUT2D eigenvalue weighted by Crippen LogP contribution is 2.26. The molecule has 2 atom stereocenters. The molecule has 3 rings (SSSR count). The van der Waals surface area contributed by atoms with Crippen LogP contribution < -0.4 is 5.32 Å². The molecule has 4 nitrogen and oxygen atoms in total. The van der Waals surface area contributed by atoms with E-state index in [1.807, 2.05) is 4.90 Å². The monoisotopic (exact) mass is 288 g/mol. The number of piperidine rings is 1. The third-order valence-corrected chi connectivity index (χ3v) is 4.72. The molecule has 1 N–H and O–H groups in total. The second kappa shape index (κ2) is 6.91. The lowest BCUT2D eigenvalue weighted by atomic mass is 9.88. The number of carbonyl (C=O) groups is 1. The molecule has 1 unspecified atom stereocenters. The van der Waals surface area contributed by atoms with Crippen molar-refractivity contribution in [2.24, 2.45) is 5.92 Å². The molecular weight excluding hydrogens is 264 g/mol. The summed E-state index contributed by atoms with van der Waals surface area (Å²) in [5, 5.41) is 3.60. The van der Waals surface area contributed by atoms with Crippen LogP contribution in [-0.2, 0) is 9.53 Å². The van der Waals surface area contributed by atoms with Gasteiger partial charge in [0.2, 0.25) is 0 Å². The minimum absolute atomic E-state index is 0. The number of nitrogens with one attached hydrogen (secondary N) is 1. The molecule has 3 fully saturated rings. The molecule has 110 valence electrons. The van der Waals surface area contributed by atoms with Crippen LogP contribution in [0.2, 0.25) is 0 Å². The minimum atomic E-state index is -0.133. The second-order valence-corrected chi connectivity index (χ2v) is 5.87. The van der Waals surface area contributed by atoms with E-state index in [1.165, 1.54) is 19.4 Å². The van der Waals surface area contributed by atoms with Crippen LogP contribution in [0.5, 0.6) is 0 Å². The van der Waals surface area contributed by atoms with Crippen LogP contribution in [0.15, 0.2) is 0 Å². The predicted octanol–water partition coefficient (Wildman–Crippen LogP) is 1.58. The Morgan fingerprint density at radius 3 is 2.47 bits per heavy atom. The zero-order valence-electron chi connectivity index (χ0n) is 11.5. The number of amides is 1. The van der Waals surface area contributed by atoms with Gasteiger partial charge in [-0.3, -0.25) is 4.79 Å². The van der Waals surface area contributed by atoms with E-state index in [4.69, 9.17) is 4.74 Å². The number of hydrogen-bond donors (Lipinski definition) is 1. The molecule has 0 aromatic carbocycles. The van der Waals surface area contributed by atoms with Crippen LogP contribution in [-0.4, -0.2) is 49.2 Å². The number of hydrogen-bond acceptors (Lipinski definition) is 3. The van der Waals surface area contributed by atoms with E-state index in [0.29, 0.717) is 6.04 Å². The third-order valence-electron chi connectivity index (χ3n) is 4.72. The van der Waals surface area contributed by atoms with E-state index in [0.717, 1.165) is 51.3 Å². The number of rotatable bonds is 2. The Morgan fingerprint density at radius 1 is 1.11 bits per heavy atom. The van der Waals surface area contributed by atoms with Crippen LogP contribution in [0.3, 0.4) is 0 Å². The average molecular weight is 289 g/mol. The number of carbonyl (C=O) groups excluding carboxylic acids is 1. The molecule has 5 heteroatoms. The van der Waals surface area contributed by atoms with Gasteiger partial charge in [-0.15, -0.1) is 12.4 Å². The van der Waals surface area contributed by atoms with Crippen LogP contribution >= 0.6 is 12.4 Å². The average Bonchev–Trinajstić information content (AvgIpc) is 3.11. The Kier molecular flexibility index (Phi) is 5.48. The molecule has 0 saturated carbocycles. The number of nitrogens with zero attached hydrogens (tertiary/aromatic N) is 1. The van der Waals surface area contributed by atoms with Crippen LogP contribution in [0, 0.1) is 5.92 Å². The molecule has 3 saturated heterocycles. The fourth-order valence-corrected chi connectivity index (χ4v) is 3.61. The molecule has 3 aliphatic heterocycles. The SMILES string of the molecule is Cl.O=C([C@@H]1CCCO1)N1CCC(C2CCCN2)CC1. The summed E-state index contributed by atoms with van der Waals surface area (Å²) in [5.74, 6) is 1.02. The Bertz CT molecular complexity index is 294. The first kappa shape index (κ1) is 15.1. The summed E-state index contributed by atoms with van der Waals surface area (Å²) in [7, 11) is 0. The van der Waals surface area contributed by atoms with Gasteiger partial charge in [0.1, 0.15) is 6.10 Å². The van der Waals surface area contributed by atoms with Gasteiger partial charge >= 0.3 is 0 Å². The largest absolute Gasteiger partial charge is 0.368 e. The molecule has 0 bridgehead atoms. The first-order valence-electron chi connectivity index (χ1n) is 7.48. The van der Waals surface area contributed by atoms with E-state index in [1.54, 1.807) is 0 Å². The van der Waals surface area contributed by atoms with Crippen LogP contribution in [0.4, 0.5) is 0 Å². The number of halogens is 1. The molecule has 19 heavy (non-hydrogen) atoms. The van der Waals surface area contributed by atoms with Crippen molar-refractivity contribution < 1.29 is 9.53 Å². The maximum atomic E-state index is 12.2. The smallest absolute Gasteiger partial charge is 0.251 e. The Balaban J connectivity index is 0.00000133. The summed E-state index contributed by atoms with van der Waals surface area (Å²) in [6, 6.07) is 0.713. The fraction of sp³-hybridized carbons (Fsp3) is 0.929. The van der Waals surface area contributed by atoms with E-state index in [2.05, 4.69) is 5.32 Å². The van der Waals surface area contributed by atoms with Gasteiger partial charge in [0.05, 0.1) is 0 Å². The Morgan fingerprint density at radius 2 is 1.89 bits per heavy atom. The Labute approximate surface area is 121 Å². The first-order valence-corrected chi connectivity index (χ1v) is 7.48. The third kappa shape index (κ3) is 3.41. The summed E-state index contributed by atoms with van der Waals surface area (Å²) in [5.41, 5.74) is 0. The van der Waals surface area contributed by atoms with E-state index in [-0.39, 0.29) is 24.4 Å². The quantitative estimate of drug-likeness (QED) is 0.839. The predicted molar refractivity (Wildman–Crippen MR) is 76.6 cm³/mol. The van der Waals surface area contributed by atoms with Crippen molar-refractivity contribution >= 4 is 18.3 Å². The van der Waals surface area contributed by atoms with Crippen molar-refractivity contribution in [2.45, 2.75) is 50.7 Å². The zero-order chi connectivity index (χ0) is 12.4. The zero-order valence-corrected chi connectivity index (χ0v) is 12.3. The van der Waals surface area contributed by atoms with Gasteiger partial charge in [0.25, 0.3) is 5.91 Å². The molecule has 0 aliphatic carbocycles. The highest BCUT2D eigenvalue weighted by molar-refractivity contribution is 5.85. The standard InChI is InChI=1S/C14H24N2O2.ClH/c17-14(13-4-2-10-18-13)16-8-5-11(6-9-16)12-3-1-7-15-12;/h11-13,15H,1-10H2;1H/t12?,13-;/m0./s1. The molecule has 3 heterocycles. The molecule has 0 aromatic heterocycles. The number of ether oxygens (including phenoxy) is 1. The van der Waals surface area contributed by atoms with Crippen molar-refractivity contribution in [3.05, 3.63) is 0 Å². The van der Waals surface area contributed by atoms with Gasteiger partial charge < -0.3 is 15.0 Å². The summed E-state index contributed by atoms with van der Waals surface area (Å²) in [6.07, 6.45) is 6.80. The lowest BCUT2D eigenvalue weighted by Gasteiger charge is -2.35. The lowest BCUT2D eigenvalue weighted by Crippen LogP contribution is -2.46. The van der Waals surface area contributed by atoms with Gasteiger partial charge in [0.15, 0.2) is 0 Å². The van der Waals surface area contributed by atoms with Gasteiger partial charge in [0, 0.05) is 25.7 Å². The molecule has 0 radical (unpaired) electrons. The van der Waals surface area contributed by atoms with Crippen molar-refractivity contribution in [2.75, 3.05) is 26.2 Å². The van der Waals surface area contributed by atoms with E-state index in [9.17, 15) is 4.79 Å². The maximum absolute atomic E-state index is 12.2. The van der Waals surface area contributed by atoms with Crippen LogP contribution in [0.1, 0.15) is 38.5 Å². The van der Waals surface area contributed by atoms with E-state index >= 15 is 0 Å². The van der Waals surface area contributed by atoms with Crippen molar-refractivity contribution in [1.82, 2.24) is 10.2 Å². The number of likely N-dealkylation sites (tertiary alicyclic amines) is 1.